The molecule has 1 fully saturated rings. The molecule has 1 aliphatic rings. The van der Waals surface area contributed by atoms with Crippen molar-refractivity contribution in [3.63, 3.8) is 0 Å². The number of amides is 2. The second-order valence-corrected chi connectivity index (χ2v) is 5.92. The van der Waals surface area contributed by atoms with E-state index in [4.69, 9.17) is 5.11 Å². The van der Waals surface area contributed by atoms with Gasteiger partial charge in [-0.05, 0) is 30.7 Å². The fraction of sp³-hybridized carbons (Fsp3) is 0.571. The molecule has 1 saturated heterocycles. The lowest BCUT2D eigenvalue weighted by Crippen LogP contribution is -2.42. The topological polar surface area (TPSA) is 69.6 Å². The van der Waals surface area contributed by atoms with Crippen molar-refractivity contribution in [1.29, 1.82) is 0 Å². The van der Waals surface area contributed by atoms with Gasteiger partial charge in [0.2, 0.25) is 0 Å². The number of carboxylic acid groups (broad SMARTS) is 1. The number of likely N-dealkylation sites (tertiary alicyclic amines) is 1. The summed E-state index contributed by atoms with van der Waals surface area (Å²) in [7, 11) is 0. The Morgan fingerprint density at radius 2 is 2.25 bits per heavy atom. The maximum Gasteiger partial charge on any atom is 0.338 e. The number of anilines is 1. The predicted octanol–water partition coefficient (Wildman–Crippen LogP) is 3.63. The number of carbonyl (C=O) groups is 2. The molecule has 1 aromatic heterocycles. The number of nitrogens with zero attached hydrogens (tertiary/aromatic N) is 1. The van der Waals surface area contributed by atoms with Crippen LogP contribution in [0.15, 0.2) is 11.4 Å². The lowest BCUT2D eigenvalue weighted by atomic mass is 10.1. The number of hydrogen-bond acceptors (Lipinski definition) is 3. The van der Waals surface area contributed by atoms with Crippen molar-refractivity contribution in [3.8, 4) is 0 Å². The predicted molar refractivity (Wildman–Crippen MR) is 79.6 cm³/mol. The number of carbonyl (C=O) groups excluding carboxylic acids is 1. The van der Waals surface area contributed by atoms with E-state index in [1.54, 1.807) is 5.38 Å². The molecule has 1 aromatic rings. The number of aromatic carboxylic acids is 1. The Morgan fingerprint density at radius 1 is 1.45 bits per heavy atom. The zero-order chi connectivity index (χ0) is 14.5. The van der Waals surface area contributed by atoms with Gasteiger partial charge in [-0.15, -0.1) is 11.3 Å². The summed E-state index contributed by atoms with van der Waals surface area (Å²) in [4.78, 5) is 25.3. The van der Waals surface area contributed by atoms with Crippen molar-refractivity contribution < 1.29 is 14.7 Å². The largest absolute Gasteiger partial charge is 0.478 e. The van der Waals surface area contributed by atoms with Crippen LogP contribution in [0.5, 0.6) is 0 Å². The van der Waals surface area contributed by atoms with E-state index in [1.165, 1.54) is 17.4 Å². The fourth-order valence-electron chi connectivity index (χ4n) is 2.61. The molecule has 0 aromatic carbocycles. The Balaban J connectivity index is 2.09. The molecule has 1 unspecified atom stereocenters. The minimum absolute atomic E-state index is 0.159. The molecule has 1 aliphatic heterocycles. The summed E-state index contributed by atoms with van der Waals surface area (Å²) in [5.41, 5.74) is 0.159. The van der Waals surface area contributed by atoms with Crippen molar-refractivity contribution in [3.05, 3.63) is 17.0 Å². The Kier molecular flexibility index (Phi) is 5.00. The highest BCUT2D eigenvalue weighted by Crippen LogP contribution is 2.25. The lowest BCUT2D eigenvalue weighted by Gasteiger charge is -2.29. The summed E-state index contributed by atoms with van der Waals surface area (Å²) in [5, 5.41) is 13.9. The molecule has 1 atom stereocenters. The second-order valence-electron chi connectivity index (χ2n) is 5.00. The Labute approximate surface area is 122 Å². The summed E-state index contributed by atoms with van der Waals surface area (Å²) in [5.74, 6) is -1.01. The highest BCUT2D eigenvalue weighted by molar-refractivity contribution is 7.14. The van der Waals surface area contributed by atoms with Crippen molar-refractivity contribution in [2.45, 2.75) is 45.1 Å². The molecule has 2 rings (SSSR count). The summed E-state index contributed by atoms with van der Waals surface area (Å²) in [6.07, 6.45) is 5.28. The quantitative estimate of drug-likeness (QED) is 0.894. The van der Waals surface area contributed by atoms with Gasteiger partial charge in [-0.2, -0.15) is 0 Å². The highest BCUT2D eigenvalue weighted by Gasteiger charge is 2.25. The Morgan fingerprint density at radius 3 is 2.95 bits per heavy atom. The van der Waals surface area contributed by atoms with Crippen LogP contribution >= 0.6 is 11.3 Å². The molecule has 2 heterocycles. The maximum atomic E-state index is 12.4. The van der Waals surface area contributed by atoms with Gasteiger partial charge in [0.05, 0.1) is 5.56 Å². The molecule has 0 saturated carbocycles. The van der Waals surface area contributed by atoms with Gasteiger partial charge in [-0.25, -0.2) is 9.59 Å². The van der Waals surface area contributed by atoms with Crippen molar-refractivity contribution in [2.75, 3.05) is 11.9 Å². The number of hydrogen-bond donors (Lipinski definition) is 2. The minimum atomic E-state index is -1.01. The summed E-state index contributed by atoms with van der Waals surface area (Å²) < 4.78 is 0. The molecule has 0 radical (unpaired) electrons. The van der Waals surface area contributed by atoms with E-state index in [0.29, 0.717) is 5.00 Å². The first kappa shape index (κ1) is 14.8. The third kappa shape index (κ3) is 3.30. The molecule has 2 N–H and O–H groups in total. The summed E-state index contributed by atoms with van der Waals surface area (Å²) in [6, 6.07) is 1.59. The second kappa shape index (κ2) is 6.74. The zero-order valence-electron chi connectivity index (χ0n) is 11.6. The first-order chi connectivity index (χ1) is 9.63. The van der Waals surface area contributed by atoms with E-state index < -0.39 is 5.97 Å². The number of urea groups is 1. The van der Waals surface area contributed by atoms with Crippen LogP contribution in [0, 0.1) is 0 Å². The SMILES string of the molecule is CCC1CCCCCN1C(=O)Nc1sccc1C(=O)O. The number of nitrogens with one attached hydrogen (secondary N) is 1. The molecular formula is C14H20N2O3S. The van der Waals surface area contributed by atoms with Crippen molar-refractivity contribution in [1.82, 2.24) is 4.90 Å². The van der Waals surface area contributed by atoms with Gasteiger partial charge in [0, 0.05) is 12.6 Å². The van der Waals surface area contributed by atoms with Crippen molar-refractivity contribution >= 4 is 28.3 Å². The standard InChI is InChI=1S/C14H20N2O3S/c1-2-10-6-4-3-5-8-16(10)14(19)15-12-11(13(17)18)7-9-20-12/h7,9-10H,2-6,8H2,1H3,(H,15,19)(H,17,18). The van der Waals surface area contributed by atoms with Gasteiger partial charge < -0.3 is 10.0 Å². The normalized spacial score (nSPS) is 19.4. The van der Waals surface area contributed by atoms with E-state index in [9.17, 15) is 9.59 Å². The fourth-order valence-corrected chi connectivity index (χ4v) is 3.38. The number of rotatable bonds is 3. The first-order valence-corrected chi connectivity index (χ1v) is 7.89. The minimum Gasteiger partial charge on any atom is -0.478 e. The molecule has 5 nitrogen and oxygen atoms in total. The summed E-state index contributed by atoms with van der Waals surface area (Å²) >= 11 is 1.24. The molecule has 0 bridgehead atoms. The van der Waals surface area contributed by atoms with Gasteiger partial charge in [-0.3, -0.25) is 5.32 Å². The van der Waals surface area contributed by atoms with Crippen LogP contribution in [-0.4, -0.2) is 34.6 Å². The smallest absolute Gasteiger partial charge is 0.338 e. The van der Waals surface area contributed by atoms with Crippen LogP contribution < -0.4 is 5.32 Å². The average molecular weight is 296 g/mol. The van der Waals surface area contributed by atoms with Crippen LogP contribution in [-0.2, 0) is 0 Å². The monoisotopic (exact) mass is 296 g/mol. The van der Waals surface area contributed by atoms with Crippen LogP contribution in [0.3, 0.4) is 0 Å². The Hall–Kier alpha value is -1.56. The van der Waals surface area contributed by atoms with Crippen LogP contribution in [0.1, 0.15) is 49.4 Å². The first-order valence-electron chi connectivity index (χ1n) is 7.02. The van der Waals surface area contributed by atoms with Crippen LogP contribution in [0.25, 0.3) is 0 Å². The molecule has 0 aliphatic carbocycles. The van der Waals surface area contributed by atoms with Gasteiger partial charge in [-0.1, -0.05) is 19.8 Å². The van der Waals surface area contributed by atoms with E-state index in [1.807, 2.05) is 4.90 Å². The maximum absolute atomic E-state index is 12.4. The lowest BCUT2D eigenvalue weighted by molar-refractivity contribution is 0.0698. The van der Waals surface area contributed by atoms with Crippen molar-refractivity contribution in [2.24, 2.45) is 0 Å². The van der Waals surface area contributed by atoms with E-state index >= 15 is 0 Å². The van der Waals surface area contributed by atoms with Crippen LogP contribution in [0.4, 0.5) is 9.80 Å². The van der Waals surface area contributed by atoms with Gasteiger partial charge >= 0.3 is 12.0 Å². The molecular weight excluding hydrogens is 276 g/mol. The highest BCUT2D eigenvalue weighted by atomic mass is 32.1. The van der Waals surface area contributed by atoms with Gasteiger partial charge in [0.25, 0.3) is 0 Å². The zero-order valence-corrected chi connectivity index (χ0v) is 12.4. The van der Waals surface area contributed by atoms with E-state index in [0.717, 1.165) is 38.6 Å². The molecule has 6 heteroatoms. The number of carboxylic acids is 1. The molecule has 2 amide bonds. The molecule has 20 heavy (non-hydrogen) atoms. The number of thiophene rings is 1. The van der Waals surface area contributed by atoms with E-state index in [2.05, 4.69) is 12.2 Å². The molecule has 110 valence electrons. The summed E-state index contributed by atoms with van der Waals surface area (Å²) in [6.45, 7) is 2.84. The van der Waals surface area contributed by atoms with Gasteiger partial charge in [0.15, 0.2) is 0 Å². The average Bonchev–Trinajstić information content (AvgIpc) is 2.74. The van der Waals surface area contributed by atoms with Gasteiger partial charge in [0.1, 0.15) is 5.00 Å². The Bertz CT molecular complexity index is 487. The third-order valence-electron chi connectivity index (χ3n) is 3.73. The molecule has 0 spiro atoms. The third-order valence-corrected chi connectivity index (χ3v) is 4.56. The van der Waals surface area contributed by atoms with Crippen LogP contribution in [0.2, 0.25) is 0 Å². The van der Waals surface area contributed by atoms with E-state index in [-0.39, 0.29) is 17.6 Å².